The molecule has 0 radical (unpaired) electrons. The average molecular weight is 354 g/mol. The molecule has 4 rings (SSSR count). The van der Waals surface area contributed by atoms with E-state index in [-0.39, 0.29) is 17.5 Å². The van der Waals surface area contributed by atoms with Crippen LogP contribution >= 0.6 is 0 Å². The molecule has 0 bridgehead atoms. The molecule has 1 saturated carbocycles. The Morgan fingerprint density at radius 2 is 1.81 bits per heavy atom. The van der Waals surface area contributed by atoms with Gasteiger partial charge in [0.2, 0.25) is 5.91 Å². The fourth-order valence-electron chi connectivity index (χ4n) is 3.89. The third-order valence-electron chi connectivity index (χ3n) is 5.58. The number of hydrogen-bond acceptors (Lipinski definition) is 3. The highest BCUT2D eigenvalue weighted by molar-refractivity contribution is 5.76. The van der Waals surface area contributed by atoms with Gasteiger partial charge >= 0.3 is 5.69 Å². The number of amides is 1. The maximum absolute atomic E-state index is 12.5. The van der Waals surface area contributed by atoms with Crippen LogP contribution < -0.4 is 5.69 Å². The highest BCUT2D eigenvalue weighted by Crippen LogP contribution is 2.37. The summed E-state index contributed by atoms with van der Waals surface area (Å²) in [5.41, 5.74) is 1.21. The lowest BCUT2D eigenvalue weighted by molar-refractivity contribution is -0.132. The van der Waals surface area contributed by atoms with Gasteiger partial charge < -0.3 is 4.90 Å². The van der Waals surface area contributed by atoms with Crippen molar-refractivity contribution in [3.05, 3.63) is 52.2 Å². The first kappa shape index (κ1) is 17.1. The van der Waals surface area contributed by atoms with Gasteiger partial charge in [-0.1, -0.05) is 30.3 Å². The number of benzene rings is 1. The van der Waals surface area contributed by atoms with Crippen molar-refractivity contribution >= 4 is 5.91 Å². The highest BCUT2D eigenvalue weighted by atomic mass is 16.2. The molecule has 1 aliphatic heterocycles. The molecule has 26 heavy (non-hydrogen) atoms. The van der Waals surface area contributed by atoms with Crippen LogP contribution in [0.5, 0.6) is 0 Å². The van der Waals surface area contributed by atoms with Gasteiger partial charge in [-0.2, -0.15) is 5.10 Å². The molecule has 1 amide bonds. The van der Waals surface area contributed by atoms with E-state index in [0.29, 0.717) is 12.5 Å². The van der Waals surface area contributed by atoms with E-state index < -0.39 is 0 Å². The predicted molar refractivity (Wildman–Crippen MR) is 99.1 cm³/mol. The van der Waals surface area contributed by atoms with Gasteiger partial charge in [0.05, 0.1) is 0 Å². The number of carbonyl (C=O) groups excluding carboxylic acids is 1. The molecule has 6 nitrogen and oxygen atoms in total. The molecule has 2 heterocycles. The van der Waals surface area contributed by atoms with Crippen LogP contribution in [0.25, 0.3) is 0 Å². The van der Waals surface area contributed by atoms with Crippen LogP contribution in [0.15, 0.2) is 35.1 Å². The smallest absolute Gasteiger partial charge is 0.343 e. The number of rotatable bonds is 5. The van der Waals surface area contributed by atoms with Crippen LogP contribution in [0.2, 0.25) is 0 Å². The summed E-state index contributed by atoms with van der Waals surface area (Å²) >= 11 is 0. The standard InChI is InChI=1S/C20H26N4O2/c1-22-20(26)24(17-8-9-17)19(21-22)16-11-13-23(14-12-16)18(25)10-7-15-5-3-2-4-6-15/h2-6,16-17H,7-14H2,1H3. The lowest BCUT2D eigenvalue weighted by Gasteiger charge is -2.31. The maximum atomic E-state index is 12.5. The molecule has 0 unspecified atom stereocenters. The quantitative estimate of drug-likeness (QED) is 0.827. The topological polar surface area (TPSA) is 60.1 Å². The minimum atomic E-state index is 0.00358. The van der Waals surface area contributed by atoms with Gasteiger partial charge in [0.25, 0.3) is 0 Å². The van der Waals surface area contributed by atoms with E-state index >= 15 is 0 Å². The largest absolute Gasteiger partial charge is 0.345 e. The zero-order chi connectivity index (χ0) is 18.1. The molecule has 1 aliphatic carbocycles. The molecule has 138 valence electrons. The Morgan fingerprint density at radius 1 is 1.12 bits per heavy atom. The van der Waals surface area contributed by atoms with Crippen molar-refractivity contribution in [2.24, 2.45) is 7.05 Å². The van der Waals surface area contributed by atoms with Crippen LogP contribution in [0.3, 0.4) is 0 Å². The number of carbonyl (C=O) groups is 1. The molecule has 1 saturated heterocycles. The van der Waals surface area contributed by atoms with E-state index in [9.17, 15) is 9.59 Å². The molecule has 1 aromatic carbocycles. The monoisotopic (exact) mass is 354 g/mol. The highest BCUT2D eigenvalue weighted by Gasteiger charge is 2.34. The van der Waals surface area contributed by atoms with Crippen LogP contribution in [-0.4, -0.2) is 38.2 Å². The number of aromatic nitrogens is 3. The normalized spacial score (nSPS) is 18.3. The van der Waals surface area contributed by atoms with E-state index in [1.807, 2.05) is 27.7 Å². The lowest BCUT2D eigenvalue weighted by Crippen LogP contribution is -2.38. The summed E-state index contributed by atoms with van der Waals surface area (Å²) in [6.45, 7) is 1.52. The fourth-order valence-corrected chi connectivity index (χ4v) is 3.89. The second-order valence-corrected chi connectivity index (χ2v) is 7.51. The van der Waals surface area contributed by atoms with Crippen molar-refractivity contribution in [3.8, 4) is 0 Å². The first-order valence-electron chi connectivity index (χ1n) is 9.60. The van der Waals surface area contributed by atoms with Crippen LogP contribution in [-0.2, 0) is 18.3 Å². The molecular weight excluding hydrogens is 328 g/mol. The van der Waals surface area contributed by atoms with Gasteiger partial charge in [0, 0.05) is 38.5 Å². The van der Waals surface area contributed by atoms with E-state index in [4.69, 9.17) is 0 Å². The number of nitrogens with zero attached hydrogens (tertiary/aromatic N) is 4. The number of piperidine rings is 1. The summed E-state index contributed by atoms with van der Waals surface area (Å²) < 4.78 is 3.36. The number of likely N-dealkylation sites (tertiary alicyclic amines) is 1. The summed E-state index contributed by atoms with van der Waals surface area (Å²) in [6, 6.07) is 10.5. The zero-order valence-electron chi connectivity index (χ0n) is 15.3. The van der Waals surface area contributed by atoms with Crippen LogP contribution in [0.1, 0.15) is 55.5 Å². The van der Waals surface area contributed by atoms with E-state index in [2.05, 4.69) is 17.2 Å². The van der Waals surface area contributed by atoms with E-state index in [1.54, 1.807) is 7.05 Å². The zero-order valence-corrected chi connectivity index (χ0v) is 15.3. The minimum Gasteiger partial charge on any atom is -0.343 e. The van der Waals surface area contributed by atoms with Crippen molar-refractivity contribution in [2.75, 3.05) is 13.1 Å². The summed E-state index contributed by atoms with van der Waals surface area (Å²) in [5, 5.41) is 4.50. The molecule has 6 heteroatoms. The molecular formula is C20H26N4O2. The fraction of sp³-hybridized carbons (Fsp3) is 0.550. The second-order valence-electron chi connectivity index (χ2n) is 7.51. The predicted octanol–water partition coefficient (Wildman–Crippen LogP) is 2.26. The first-order valence-corrected chi connectivity index (χ1v) is 9.60. The number of hydrogen-bond donors (Lipinski definition) is 0. The van der Waals surface area contributed by atoms with Gasteiger partial charge in [0.1, 0.15) is 5.82 Å². The van der Waals surface area contributed by atoms with Gasteiger partial charge in [-0.3, -0.25) is 9.36 Å². The van der Waals surface area contributed by atoms with Gasteiger partial charge in [-0.05, 0) is 37.7 Å². The SMILES string of the molecule is Cn1nc(C2CCN(C(=O)CCc3ccccc3)CC2)n(C2CC2)c1=O. The van der Waals surface area contributed by atoms with Gasteiger partial charge in [-0.25, -0.2) is 9.48 Å². The molecule has 0 atom stereocenters. The Labute approximate surface area is 153 Å². The summed E-state index contributed by atoms with van der Waals surface area (Å²) in [4.78, 5) is 26.8. The summed E-state index contributed by atoms with van der Waals surface area (Å²) in [7, 11) is 1.73. The number of aryl methyl sites for hydroxylation is 2. The van der Waals surface area contributed by atoms with Gasteiger partial charge in [0.15, 0.2) is 0 Å². The summed E-state index contributed by atoms with van der Waals surface area (Å²) in [6.07, 6.45) is 5.29. The molecule has 0 spiro atoms. The molecule has 1 aromatic heterocycles. The Kier molecular flexibility index (Phi) is 4.66. The molecule has 0 N–H and O–H groups in total. The Hall–Kier alpha value is -2.37. The Bertz CT molecular complexity index is 827. The van der Waals surface area contributed by atoms with Crippen molar-refractivity contribution < 1.29 is 4.79 Å². The lowest BCUT2D eigenvalue weighted by atomic mass is 9.95. The molecule has 2 aromatic rings. The average Bonchev–Trinajstić information content (AvgIpc) is 3.47. The van der Waals surface area contributed by atoms with Crippen LogP contribution in [0.4, 0.5) is 0 Å². The Morgan fingerprint density at radius 3 is 2.46 bits per heavy atom. The van der Waals surface area contributed by atoms with E-state index in [0.717, 1.165) is 51.0 Å². The van der Waals surface area contributed by atoms with Crippen molar-refractivity contribution in [3.63, 3.8) is 0 Å². The van der Waals surface area contributed by atoms with Gasteiger partial charge in [-0.15, -0.1) is 0 Å². The minimum absolute atomic E-state index is 0.00358. The maximum Gasteiger partial charge on any atom is 0.345 e. The Balaban J connectivity index is 1.35. The third-order valence-corrected chi connectivity index (χ3v) is 5.58. The first-order chi connectivity index (χ1) is 12.6. The van der Waals surface area contributed by atoms with Crippen molar-refractivity contribution in [1.82, 2.24) is 19.2 Å². The van der Waals surface area contributed by atoms with Crippen molar-refractivity contribution in [2.45, 2.75) is 50.5 Å². The summed E-state index contributed by atoms with van der Waals surface area (Å²) in [5.74, 6) is 1.44. The molecule has 2 fully saturated rings. The third kappa shape index (κ3) is 3.45. The van der Waals surface area contributed by atoms with Crippen LogP contribution in [0, 0.1) is 0 Å². The van der Waals surface area contributed by atoms with Crippen molar-refractivity contribution in [1.29, 1.82) is 0 Å². The molecule has 2 aliphatic rings. The second kappa shape index (κ2) is 7.09. The van der Waals surface area contributed by atoms with E-state index in [1.165, 1.54) is 10.2 Å².